The molecule has 0 heterocycles. The highest BCUT2D eigenvalue weighted by atomic mass is 32.2. The SMILES string of the molecule is CC(C)C[C@H](N)C(=O)NCCCS(N)(=O)=O. The van der Waals surface area contributed by atoms with E-state index in [2.05, 4.69) is 5.32 Å². The van der Waals surface area contributed by atoms with Gasteiger partial charge in [-0.25, -0.2) is 13.6 Å². The van der Waals surface area contributed by atoms with Crippen LogP contribution in [0.2, 0.25) is 0 Å². The topological polar surface area (TPSA) is 115 Å². The van der Waals surface area contributed by atoms with Gasteiger partial charge in [0.25, 0.3) is 0 Å². The largest absolute Gasteiger partial charge is 0.355 e. The fourth-order valence-corrected chi connectivity index (χ4v) is 1.78. The van der Waals surface area contributed by atoms with E-state index < -0.39 is 16.1 Å². The molecule has 0 saturated heterocycles. The van der Waals surface area contributed by atoms with E-state index in [9.17, 15) is 13.2 Å². The Balaban J connectivity index is 3.73. The molecule has 0 aromatic rings. The predicted molar refractivity (Wildman–Crippen MR) is 63.0 cm³/mol. The highest BCUT2D eigenvalue weighted by Crippen LogP contribution is 2.02. The molecule has 6 nitrogen and oxygen atoms in total. The van der Waals surface area contributed by atoms with Crippen molar-refractivity contribution in [3.05, 3.63) is 0 Å². The van der Waals surface area contributed by atoms with Crippen molar-refractivity contribution >= 4 is 15.9 Å². The number of nitrogens with two attached hydrogens (primary N) is 2. The van der Waals surface area contributed by atoms with Crippen molar-refractivity contribution in [1.82, 2.24) is 5.32 Å². The van der Waals surface area contributed by atoms with Gasteiger partial charge in [0.05, 0.1) is 11.8 Å². The summed E-state index contributed by atoms with van der Waals surface area (Å²) < 4.78 is 21.2. The number of hydrogen-bond donors (Lipinski definition) is 3. The molecule has 0 aromatic heterocycles. The molecule has 7 heteroatoms. The number of hydrogen-bond acceptors (Lipinski definition) is 4. The van der Waals surface area contributed by atoms with Crippen LogP contribution in [-0.4, -0.2) is 32.7 Å². The second-order valence-electron chi connectivity index (χ2n) is 4.25. The first-order valence-electron chi connectivity index (χ1n) is 5.26. The van der Waals surface area contributed by atoms with E-state index in [-0.39, 0.29) is 18.2 Å². The molecule has 0 aliphatic heterocycles. The summed E-state index contributed by atoms with van der Waals surface area (Å²) in [5.41, 5.74) is 5.63. The Morgan fingerprint density at radius 2 is 1.94 bits per heavy atom. The molecule has 16 heavy (non-hydrogen) atoms. The Hall–Kier alpha value is -0.660. The third-order valence-corrected chi connectivity index (χ3v) is 2.82. The van der Waals surface area contributed by atoms with Crippen LogP contribution in [0.3, 0.4) is 0 Å². The standard InChI is InChI=1S/C9H21N3O3S/c1-7(2)6-8(10)9(13)12-4-3-5-16(11,14)15/h7-8H,3-6,10H2,1-2H3,(H,12,13)(H2,11,14,15)/t8-/m0/s1. The van der Waals surface area contributed by atoms with Gasteiger partial charge in [0.15, 0.2) is 0 Å². The molecule has 0 aliphatic rings. The van der Waals surface area contributed by atoms with E-state index in [1.807, 2.05) is 13.8 Å². The van der Waals surface area contributed by atoms with Gasteiger partial charge in [0.2, 0.25) is 15.9 Å². The number of nitrogens with one attached hydrogen (secondary N) is 1. The molecule has 1 atom stereocenters. The zero-order valence-electron chi connectivity index (χ0n) is 9.77. The maximum atomic E-state index is 11.4. The minimum atomic E-state index is -3.44. The van der Waals surface area contributed by atoms with Gasteiger partial charge < -0.3 is 11.1 Å². The third-order valence-electron chi connectivity index (χ3n) is 1.97. The fourth-order valence-electron chi connectivity index (χ4n) is 1.23. The van der Waals surface area contributed by atoms with Gasteiger partial charge in [0.1, 0.15) is 0 Å². The molecule has 0 saturated carbocycles. The molecule has 0 rings (SSSR count). The lowest BCUT2D eigenvalue weighted by Crippen LogP contribution is -2.42. The van der Waals surface area contributed by atoms with Crippen molar-refractivity contribution in [1.29, 1.82) is 0 Å². The van der Waals surface area contributed by atoms with Gasteiger partial charge >= 0.3 is 0 Å². The smallest absolute Gasteiger partial charge is 0.236 e. The lowest BCUT2D eigenvalue weighted by atomic mass is 10.0. The summed E-state index contributed by atoms with van der Waals surface area (Å²) in [4.78, 5) is 11.4. The zero-order chi connectivity index (χ0) is 12.8. The summed E-state index contributed by atoms with van der Waals surface area (Å²) in [6.45, 7) is 4.24. The fraction of sp³-hybridized carbons (Fsp3) is 0.889. The van der Waals surface area contributed by atoms with Gasteiger partial charge in [0, 0.05) is 6.54 Å². The van der Waals surface area contributed by atoms with E-state index in [4.69, 9.17) is 10.9 Å². The van der Waals surface area contributed by atoms with Gasteiger partial charge in [-0.05, 0) is 18.8 Å². The normalized spacial score (nSPS) is 13.8. The molecule has 0 unspecified atom stereocenters. The maximum Gasteiger partial charge on any atom is 0.236 e. The first-order valence-corrected chi connectivity index (χ1v) is 6.97. The highest BCUT2D eigenvalue weighted by molar-refractivity contribution is 7.89. The first-order chi connectivity index (χ1) is 7.22. The Kier molecular flexibility index (Phi) is 6.54. The highest BCUT2D eigenvalue weighted by Gasteiger charge is 2.14. The Bertz CT molecular complexity index is 314. The minimum Gasteiger partial charge on any atom is -0.355 e. The molecule has 0 aromatic carbocycles. The Morgan fingerprint density at radius 3 is 2.38 bits per heavy atom. The van der Waals surface area contributed by atoms with Crippen LogP contribution in [0.15, 0.2) is 0 Å². The number of rotatable bonds is 7. The Labute approximate surface area is 96.8 Å². The molecule has 96 valence electrons. The second kappa shape index (κ2) is 6.82. The predicted octanol–water partition coefficient (Wildman–Crippen LogP) is -0.845. The van der Waals surface area contributed by atoms with Gasteiger partial charge in [-0.3, -0.25) is 4.79 Å². The molecule has 0 spiro atoms. The zero-order valence-corrected chi connectivity index (χ0v) is 10.6. The third kappa shape index (κ3) is 8.63. The summed E-state index contributed by atoms with van der Waals surface area (Å²) in [6.07, 6.45) is 0.917. The summed E-state index contributed by atoms with van der Waals surface area (Å²) in [7, 11) is -3.44. The summed E-state index contributed by atoms with van der Waals surface area (Å²) in [5.74, 6) is -0.0273. The number of amides is 1. The molecular weight excluding hydrogens is 230 g/mol. The lowest BCUT2D eigenvalue weighted by Gasteiger charge is -2.13. The summed E-state index contributed by atoms with van der Waals surface area (Å²) >= 11 is 0. The molecule has 0 fully saturated rings. The molecule has 0 radical (unpaired) electrons. The van der Waals surface area contributed by atoms with Crippen LogP contribution in [0, 0.1) is 5.92 Å². The van der Waals surface area contributed by atoms with Gasteiger partial charge in [-0.15, -0.1) is 0 Å². The van der Waals surface area contributed by atoms with Crippen molar-refractivity contribution < 1.29 is 13.2 Å². The van der Waals surface area contributed by atoms with Crippen molar-refractivity contribution in [3.63, 3.8) is 0 Å². The molecule has 1 amide bonds. The van der Waals surface area contributed by atoms with E-state index in [1.54, 1.807) is 0 Å². The monoisotopic (exact) mass is 251 g/mol. The average molecular weight is 251 g/mol. The molecule has 0 aliphatic carbocycles. The van der Waals surface area contributed by atoms with Crippen molar-refractivity contribution in [2.45, 2.75) is 32.7 Å². The number of carbonyl (C=O) groups excluding carboxylic acids is 1. The second-order valence-corrected chi connectivity index (χ2v) is 5.98. The van der Waals surface area contributed by atoms with Crippen LogP contribution in [0.4, 0.5) is 0 Å². The van der Waals surface area contributed by atoms with E-state index >= 15 is 0 Å². The van der Waals surface area contributed by atoms with E-state index in [1.165, 1.54) is 0 Å². The van der Waals surface area contributed by atoms with Crippen molar-refractivity contribution in [2.75, 3.05) is 12.3 Å². The average Bonchev–Trinajstić information content (AvgIpc) is 2.09. The van der Waals surface area contributed by atoms with Crippen LogP contribution in [0.25, 0.3) is 0 Å². The van der Waals surface area contributed by atoms with Crippen LogP contribution < -0.4 is 16.2 Å². The molecule has 0 bridgehead atoms. The number of primary sulfonamides is 1. The molecule has 5 N–H and O–H groups in total. The minimum absolute atomic E-state index is 0.132. The number of carbonyl (C=O) groups is 1. The van der Waals surface area contributed by atoms with E-state index in [0.29, 0.717) is 18.8 Å². The maximum absolute atomic E-state index is 11.4. The summed E-state index contributed by atoms with van der Waals surface area (Å²) in [6, 6.07) is -0.533. The van der Waals surface area contributed by atoms with Crippen LogP contribution in [0.5, 0.6) is 0 Å². The van der Waals surface area contributed by atoms with E-state index in [0.717, 1.165) is 0 Å². The van der Waals surface area contributed by atoms with Crippen molar-refractivity contribution in [3.8, 4) is 0 Å². The van der Waals surface area contributed by atoms with Crippen molar-refractivity contribution in [2.24, 2.45) is 16.8 Å². The summed E-state index contributed by atoms with van der Waals surface area (Å²) in [5, 5.41) is 7.39. The number of sulfonamides is 1. The van der Waals surface area contributed by atoms with Gasteiger partial charge in [-0.2, -0.15) is 0 Å². The van der Waals surface area contributed by atoms with Crippen LogP contribution >= 0.6 is 0 Å². The van der Waals surface area contributed by atoms with Crippen LogP contribution in [-0.2, 0) is 14.8 Å². The van der Waals surface area contributed by atoms with Gasteiger partial charge in [-0.1, -0.05) is 13.8 Å². The first kappa shape index (κ1) is 15.3. The lowest BCUT2D eigenvalue weighted by molar-refractivity contribution is -0.122. The quantitative estimate of drug-likeness (QED) is 0.511. The Morgan fingerprint density at radius 1 is 1.38 bits per heavy atom. The van der Waals surface area contributed by atoms with Crippen LogP contribution in [0.1, 0.15) is 26.7 Å². The molecular formula is C9H21N3O3S.